The monoisotopic (exact) mass is 274 g/mol. The second-order valence-electron chi connectivity index (χ2n) is 6.19. The normalized spacial score (nSPS) is 35.1. The van der Waals surface area contributed by atoms with E-state index < -0.39 is 11.9 Å². The van der Waals surface area contributed by atoms with Crippen molar-refractivity contribution in [1.29, 1.82) is 0 Å². The summed E-state index contributed by atoms with van der Waals surface area (Å²) in [7, 11) is 0. The van der Waals surface area contributed by atoms with Crippen molar-refractivity contribution >= 4 is 11.9 Å². The number of carbonyl (C=O) groups excluding carboxylic acids is 2. The van der Waals surface area contributed by atoms with Gasteiger partial charge in [0.05, 0.1) is 5.97 Å². The molecule has 2 aliphatic carbocycles. The maximum absolute atomic E-state index is 11.5. The van der Waals surface area contributed by atoms with Crippen molar-refractivity contribution in [3.8, 4) is 0 Å². The van der Waals surface area contributed by atoms with Crippen molar-refractivity contribution in [3.63, 3.8) is 0 Å². The summed E-state index contributed by atoms with van der Waals surface area (Å²) in [5.41, 5.74) is 0.179. The van der Waals surface area contributed by atoms with E-state index in [0.29, 0.717) is 12.0 Å². The minimum atomic E-state index is -1.38. The SMILES string of the molecule is CC1(C)C2CCC1(C)C(OC(=O)/C=C\C(=O)[O-])C2.[Na+]. The summed E-state index contributed by atoms with van der Waals surface area (Å²) in [6.45, 7) is 6.63. The topological polar surface area (TPSA) is 66.4 Å². The van der Waals surface area contributed by atoms with Crippen LogP contribution in [0, 0.1) is 16.7 Å². The smallest absolute Gasteiger partial charge is 0.545 e. The first-order valence-corrected chi connectivity index (χ1v) is 6.37. The molecule has 0 radical (unpaired) electrons. The third kappa shape index (κ3) is 2.76. The number of carbonyl (C=O) groups is 2. The molecule has 4 nitrogen and oxygen atoms in total. The number of hydrogen-bond acceptors (Lipinski definition) is 4. The van der Waals surface area contributed by atoms with E-state index in [1.165, 1.54) is 6.42 Å². The van der Waals surface area contributed by atoms with E-state index in [1.807, 2.05) is 0 Å². The van der Waals surface area contributed by atoms with E-state index in [9.17, 15) is 14.7 Å². The summed E-state index contributed by atoms with van der Waals surface area (Å²) in [4.78, 5) is 21.8. The van der Waals surface area contributed by atoms with Gasteiger partial charge >= 0.3 is 35.5 Å². The third-order valence-corrected chi connectivity index (χ3v) is 5.33. The largest absolute Gasteiger partial charge is 1.00 e. The molecule has 2 aliphatic rings. The molecule has 0 saturated heterocycles. The zero-order valence-electron chi connectivity index (χ0n) is 12.1. The molecule has 0 amide bonds. The standard InChI is InChI=1S/C14H20O4.Na/c1-13(2)9-6-7-14(13,3)10(8-9)18-12(17)5-4-11(15)16;/h4-5,9-10H,6-8H2,1-3H3,(H,15,16);/q;+1/p-1/b5-4-;. The molecule has 0 aliphatic heterocycles. The van der Waals surface area contributed by atoms with Gasteiger partial charge in [0.2, 0.25) is 0 Å². The number of carboxylic acids is 1. The molecule has 3 unspecified atom stereocenters. The first kappa shape index (κ1) is 16.7. The van der Waals surface area contributed by atoms with Gasteiger partial charge in [0, 0.05) is 11.5 Å². The maximum Gasteiger partial charge on any atom is 1.00 e. The van der Waals surface area contributed by atoms with E-state index in [1.54, 1.807) is 0 Å². The van der Waals surface area contributed by atoms with Crippen LogP contribution in [-0.2, 0) is 14.3 Å². The zero-order chi connectivity index (χ0) is 13.6. The Balaban J connectivity index is 0.00000180. The van der Waals surface area contributed by atoms with Crippen LogP contribution in [0.1, 0.15) is 40.0 Å². The molecule has 0 heterocycles. The Hall–Kier alpha value is -0.320. The first-order chi connectivity index (χ1) is 8.27. The van der Waals surface area contributed by atoms with Crippen LogP contribution in [0.3, 0.4) is 0 Å². The van der Waals surface area contributed by atoms with Crippen molar-refractivity contribution in [1.82, 2.24) is 0 Å². The number of fused-ring (bicyclic) bond motifs is 2. The summed E-state index contributed by atoms with van der Waals surface area (Å²) in [6.07, 6.45) is 4.67. The fourth-order valence-corrected chi connectivity index (χ4v) is 3.62. The maximum atomic E-state index is 11.5. The van der Waals surface area contributed by atoms with Gasteiger partial charge in [-0.2, -0.15) is 0 Å². The average molecular weight is 274 g/mol. The molecule has 2 bridgehead atoms. The summed E-state index contributed by atoms with van der Waals surface area (Å²) in [5, 5.41) is 10.2. The molecule has 0 aromatic carbocycles. The van der Waals surface area contributed by atoms with Gasteiger partial charge in [0.15, 0.2) is 0 Å². The molecule has 5 heteroatoms. The number of ether oxygens (including phenoxy) is 1. The van der Waals surface area contributed by atoms with Crippen molar-refractivity contribution < 1.29 is 49.0 Å². The Morgan fingerprint density at radius 3 is 2.32 bits per heavy atom. The van der Waals surface area contributed by atoms with E-state index in [4.69, 9.17) is 4.74 Å². The van der Waals surface area contributed by atoms with Gasteiger partial charge in [0.1, 0.15) is 6.10 Å². The van der Waals surface area contributed by atoms with Gasteiger partial charge in [-0.25, -0.2) is 4.79 Å². The quantitative estimate of drug-likeness (QED) is 0.341. The van der Waals surface area contributed by atoms with Crippen LogP contribution in [0.5, 0.6) is 0 Å². The molecule has 0 aromatic rings. The van der Waals surface area contributed by atoms with Gasteiger partial charge in [-0.3, -0.25) is 0 Å². The molecule has 100 valence electrons. The van der Waals surface area contributed by atoms with Gasteiger partial charge in [-0.15, -0.1) is 0 Å². The predicted octanol–water partition coefficient (Wildman–Crippen LogP) is -1.95. The minimum absolute atomic E-state index is 0. The Morgan fingerprint density at radius 1 is 1.26 bits per heavy atom. The van der Waals surface area contributed by atoms with E-state index in [2.05, 4.69) is 20.8 Å². The molecule has 3 atom stereocenters. The molecular formula is C14H19NaO4. The van der Waals surface area contributed by atoms with Gasteiger partial charge < -0.3 is 14.6 Å². The number of aliphatic carboxylic acids is 1. The van der Waals surface area contributed by atoms with Gasteiger partial charge in [-0.1, -0.05) is 20.8 Å². The van der Waals surface area contributed by atoms with Crippen LogP contribution in [-0.4, -0.2) is 18.0 Å². The van der Waals surface area contributed by atoms with Crippen molar-refractivity contribution in [2.24, 2.45) is 16.7 Å². The Morgan fingerprint density at radius 2 is 1.89 bits per heavy atom. The molecule has 2 saturated carbocycles. The molecule has 0 N–H and O–H groups in total. The van der Waals surface area contributed by atoms with Crippen molar-refractivity contribution in [2.45, 2.75) is 46.1 Å². The van der Waals surface area contributed by atoms with Crippen LogP contribution >= 0.6 is 0 Å². The Labute approximate surface area is 135 Å². The molecule has 2 fully saturated rings. The number of rotatable bonds is 3. The summed E-state index contributed by atoms with van der Waals surface area (Å²) >= 11 is 0. The zero-order valence-corrected chi connectivity index (χ0v) is 14.1. The van der Waals surface area contributed by atoms with Crippen LogP contribution < -0.4 is 34.7 Å². The second kappa shape index (κ2) is 5.58. The Bertz CT molecular complexity index is 416. The van der Waals surface area contributed by atoms with Crippen LogP contribution in [0.4, 0.5) is 0 Å². The minimum Gasteiger partial charge on any atom is -0.545 e. The predicted molar refractivity (Wildman–Crippen MR) is 63.3 cm³/mol. The number of hydrogen-bond donors (Lipinski definition) is 0. The molecular weight excluding hydrogens is 255 g/mol. The van der Waals surface area contributed by atoms with Crippen LogP contribution in [0.2, 0.25) is 0 Å². The van der Waals surface area contributed by atoms with Crippen molar-refractivity contribution in [3.05, 3.63) is 12.2 Å². The summed E-state index contributed by atoms with van der Waals surface area (Å²) < 4.78 is 5.42. The van der Waals surface area contributed by atoms with E-state index in [-0.39, 0.29) is 46.5 Å². The molecule has 0 aromatic heterocycles. The van der Waals surface area contributed by atoms with E-state index in [0.717, 1.165) is 18.9 Å². The van der Waals surface area contributed by atoms with Gasteiger partial charge in [-0.05, 0) is 36.7 Å². The molecule has 19 heavy (non-hydrogen) atoms. The molecule has 2 rings (SSSR count). The second-order valence-corrected chi connectivity index (χ2v) is 6.19. The first-order valence-electron chi connectivity index (χ1n) is 6.37. The summed E-state index contributed by atoms with van der Waals surface area (Å²) in [6, 6.07) is 0. The average Bonchev–Trinajstić information content (AvgIpc) is 2.59. The van der Waals surface area contributed by atoms with Gasteiger partial charge in [0.25, 0.3) is 0 Å². The van der Waals surface area contributed by atoms with Crippen LogP contribution in [0.15, 0.2) is 12.2 Å². The Kier molecular flexibility index (Phi) is 4.92. The third-order valence-electron chi connectivity index (χ3n) is 5.33. The van der Waals surface area contributed by atoms with Crippen LogP contribution in [0.25, 0.3) is 0 Å². The molecule has 0 spiro atoms. The fourth-order valence-electron chi connectivity index (χ4n) is 3.62. The number of esters is 1. The summed E-state index contributed by atoms with van der Waals surface area (Å²) in [5.74, 6) is -1.38. The van der Waals surface area contributed by atoms with E-state index >= 15 is 0 Å². The van der Waals surface area contributed by atoms with Crippen molar-refractivity contribution in [2.75, 3.05) is 0 Å². The number of carboxylic acid groups (broad SMARTS) is 1. The fraction of sp³-hybridized carbons (Fsp3) is 0.714.